The number of thiophene rings is 1. The molecule has 9 aromatic carbocycles. The van der Waals surface area contributed by atoms with Crippen molar-refractivity contribution in [3.63, 3.8) is 0 Å². The van der Waals surface area contributed by atoms with Gasteiger partial charge in [0.1, 0.15) is 5.84 Å². The van der Waals surface area contributed by atoms with Crippen molar-refractivity contribution in [1.29, 1.82) is 0 Å². The lowest BCUT2D eigenvalue weighted by Gasteiger charge is -2.17. The first kappa shape index (κ1) is 33.7. The maximum Gasteiger partial charge on any atom is 0.218 e. The predicted molar refractivity (Wildman–Crippen MR) is 261 cm³/mol. The van der Waals surface area contributed by atoms with Crippen LogP contribution < -0.4 is 0 Å². The summed E-state index contributed by atoms with van der Waals surface area (Å²) in [5.41, 5.74) is 12.3. The molecule has 0 aliphatic carbocycles. The fourth-order valence-corrected chi connectivity index (χ4v) is 11.7. The van der Waals surface area contributed by atoms with Gasteiger partial charge in [0.15, 0.2) is 0 Å². The van der Waals surface area contributed by atoms with Gasteiger partial charge in [-0.3, -0.25) is 4.57 Å². The molecule has 60 heavy (non-hydrogen) atoms. The van der Waals surface area contributed by atoms with Crippen LogP contribution in [0.15, 0.2) is 210 Å². The predicted octanol–water partition coefficient (Wildman–Crippen LogP) is 14.6. The summed E-state index contributed by atoms with van der Waals surface area (Å²) in [4.78, 5) is 6.01. The van der Waals surface area contributed by atoms with Gasteiger partial charge in [-0.1, -0.05) is 194 Å². The van der Waals surface area contributed by atoms with E-state index in [1.165, 1.54) is 108 Å². The topological polar surface area (TPSA) is 17.3 Å². The van der Waals surface area contributed by atoms with Gasteiger partial charge in [-0.05, 0) is 72.6 Å². The van der Waals surface area contributed by atoms with E-state index < -0.39 is 0 Å². The minimum atomic E-state index is 0.760. The molecule has 2 aromatic heterocycles. The molecule has 278 valence electrons. The maximum atomic E-state index is 6.01. The molecule has 0 atom stereocenters. The van der Waals surface area contributed by atoms with Gasteiger partial charge in [0.05, 0.1) is 15.7 Å². The highest BCUT2D eigenvalue weighted by Crippen LogP contribution is 2.51. The van der Waals surface area contributed by atoms with Crippen molar-refractivity contribution < 1.29 is 0 Å². The number of allylic oxidation sites excluding steroid dienone is 4. The Morgan fingerprint density at radius 2 is 1.05 bits per heavy atom. The minimum absolute atomic E-state index is 0.760. The number of hydrogen-bond donors (Lipinski definition) is 0. The van der Waals surface area contributed by atoms with Gasteiger partial charge in [0.25, 0.3) is 0 Å². The zero-order valence-electron chi connectivity index (χ0n) is 32.7. The summed E-state index contributed by atoms with van der Waals surface area (Å²) in [5.74, 6) is 0.974. The molecule has 4 heterocycles. The van der Waals surface area contributed by atoms with Gasteiger partial charge >= 0.3 is 0 Å². The molecule has 0 unspecified atom stereocenters. The van der Waals surface area contributed by atoms with Gasteiger partial charge in [0, 0.05) is 37.4 Å². The lowest BCUT2D eigenvalue weighted by molar-refractivity contribution is 1.25. The van der Waals surface area contributed by atoms with Crippen LogP contribution in [-0.4, -0.2) is 17.7 Å². The third-order valence-corrected chi connectivity index (χ3v) is 14.1. The second-order valence-electron chi connectivity index (χ2n) is 16.1. The Balaban J connectivity index is 1.21. The van der Waals surface area contributed by atoms with Crippen molar-refractivity contribution in [1.82, 2.24) is 4.57 Å². The van der Waals surface area contributed by atoms with E-state index in [4.69, 9.17) is 4.99 Å². The zero-order chi connectivity index (χ0) is 39.3. The Bertz CT molecular complexity index is 3740. The van der Waals surface area contributed by atoms with Crippen molar-refractivity contribution in [2.24, 2.45) is 4.99 Å². The number of hydrogen-bond acceptors (Lipinski definition) is 2. The molecule has 4 heteroatoms. The van der Waals surface area contributed by atoms with Crippen LogP contribution in [0.3, 0.4) is 0 Å². The third kappa shape index (κ3) is 4.86. The van der Waals surface area contributed by atoms with Crippen LogP contribution in [-0.2, 0) is 0 Å². The number of aromatic nitrogens is 1. The van der Waals surface area contributed by atoms with E-state index in [1.54, 1.807) is 0 Å². The number of nitrogens with zero attached hydrogens (tertiary/aromatic N) is 2. The molecule has 2 nitrogen and oxygen atoms in total. The van der Waals surface area contributed by atoms with Gasteiger partial charge in [0.2, 0.25) is 7.28 Å². The Morgan fingerprint density at radius 3 is 1.78 bits per heavy atom. The first-order valence-electron chi connectivity index (χ1n) is 20.8. The van der Waals surface area contributed by atoms with Crippen molar-refractivity contribution in [3.05, 3.63) is 222 Å². The van der Waals surface area contributed by atoms with E-state index in [0.29, 0.717) is 0 Å². The van der Waals surface area contributed by atoms with Gasteiger partial charge < -0.3 is 0 Å². The number of benzene rings is 9. The molecule has 0 spiro atoms. The average Bonchev–Trinajstić information content (AvgIpc) is 3.96. The summed E-state index contributed by atoms with van der Waals surface area (Å²) < 4.78 is 5.18. The number of fused-ring (bicyclic) bond motifs is 14. The molecular weight excluding hydrogens is 744 g/mol. The molecule has 0 N–H and O–H groups in total. The highest BCUT2D eigenvalue weighted by atomic mass is 32.1. The average molecular weight is 779 g/mol. The highest BCUT2D eigenvalue weighted by Gasteiger charge is 2.32. The van der Waals surface area contributed by atoms with E-state index in [-0.39, 0.29) is 0 Å². The summed E-state index contributed by atoms with van der Waals surface area (Å²) in [6, 6.07) is 69.0. The molecule has 0 saturated heterocycles. The van der Waals surface area contributed by atoms with Gasteiger partial charge in [-0.15, -0.1) is 11.3 Å². The van der Waals surface area contributed by atoms with E-state index >= 15 is 0 Å². The summed E-state index contributed by atoms with van der Waals surface area (Å²) in [6.45, 7) is 0. The van der Waals surface area contributed by atoms with Crippen molar-refractivity contribution in [2.75, 3.05) is 0 Å². The van der Waals surface area contributed by atoms with Crippen molar-refractivity contribution >= 4 is 115 Å². The third-order valence-electron chi connectivity index (χ3n) is 12.9. The summed E-state index contributed by atoms with van der Waals surface area (Å²) in [7, 11) is 0.760. The fourth-order valence-electron chi connectivity index (χ4n) is 10.3. The number of rotatable bonds is 3. The van der Waals surface area contributed by atoms with Crippen LogP contribution in [0.4, 0.5) is 0 Å². The summed E-state index contributed by atoms with van der Waals surface area (Å²) >= 11 is 1.94. The lowest BCUT2D eigenvalue weighted by Crippen LogP contribution is -2.15. The van der Waals surface area contributed by atoms with Gasteiger partial charge in [-0.25, -0.2) is 4.99 Å². The molecule has 2 aliphatic heterocycles. The highest BCUT2D eigenvalue weighted by molar-refractivity contribution is 7.27. The second kappa shape index (κ2) is 13.1. The first-order valence-corrected chi connectivity index (χ1v) is 21.6. The van der Waals surface area contributed by atoms with Crippen LogP contribution in [0, 0.1) is 0 Å². The van der Waals surface area contributed by atoms with E-state index in [2.05, 4.69) is 199 Å². The molecule has 13 rings (SSSR count). The maximum absolute atomic E-state index is 6.01. The summed E-state index contributed by atoms with van der Waals surface area (Å²) in [6.07, 6.45) is 3.24. The number of aliphatic imine (C=N–C) groups is 1. The Kier molecular flexibility index (Phi) is 7.37. The largest absolute Gasteiger partial charge is 0.292 e. The van der Waals surface area contributed by atoms with Crippen LogP contribution in [0.5, 0.6) is 0 Å². The molecular formula is C56H35BN2S. The van der Waals surface area contributed by atoms with Crippen LogP contribution >= 0.6 is 11.3 Å². The van der Waals surface area contributed by atoms with E-state index in [9.17, 15) is 0 Å². The normalized spacial score (nSPS) is 14.5. The smallest absolute Gasteiger partial charge is 0.218 e. The Labute approximate surface area is 351 Å². The van der Waals surface area contributed by atoms with Crippen LogP contribution in [0.25, 0.3) is 90.9 Å². The molecule has 0 radical (unpaired) electrons. The molecule has 0 bridgehead atoms. The van der Waals surface area contributed by atoms with Crippen LogP contribution in [0.1, 0.15) is 23.1 Å². The quantitative estimate of drug-likeness (QED) is 0.159. The van der Waals surface area contributed by atoms with Crippen molar-refractivity contribution in [2.45, 2.75) is 6.42 Å². The Hall–Kier alpha value is -7.27. The molecule has 0 fully saturated rings. The SMILES string of the molecule is B1C2=C(CC=C(c3ccccc3)C(n3c4ccc5ccccc5c4c4c5ccccc5c5c6ccc7ccccc7c6sc5c43)=N2)C(c2ccccc2)=C1c1ccccc1. The molecule has 2 aliphatic rings. The van der Waals surface area contributed by atoms with Crippen LogP contribution in [0.2, 0.25) is 0 Å². The standard InChI is InChI=1S/C56H35BN2S/c1-4-16-34(17-5-1)41-31-32-45-47(37-20-6-2-7-21-37)51(38-22-8-3-9-23-38)57-55(45)58-56(41)59-46-33-29-35-18-10-12-24-39(35)49(46)50-43-27-15-14-26-42(43)48-44-30-28-36-19-11-13-25-40(36)53(44)60-54(48)52(50)59/h1-31,33,57H,32H2. The molecule has 11 aromatic rings. The lowest BCUT2D eigenvalue weighted by atomic mass is 9.66. The second-order valence-corrected chi connectivity index (χ2v) is 17.1. The van der Waals surface area contributed by atoms with E-state index in [0.717, 1.165) is 30.7 Å². The minimum Gasteiger partial charge on any atom is -0.292 e. The van der Waals surface area contributed by atoms with Gasteiger partial charge in [-0.2, -0.15) is 0 Å². The fraction of sp³-hybridized carbons (Fsp3) is 0.0179. The molecule has 0 saturated carbocycles. The first-order chi connectivity index (χ1) is 29.8. The molecule has 0 amide bonds. The van der Waals surface area contributed by atoms with E-state index in [1.807, 2.05) is 11.3 Å². The monoisotopic (exact) mass is 778 g/mol. The Morgan fingerprint density at radius 1 is 0.467 bits per heavy atom. The zero-order valence-corrected chi connectivity index (χ0v) is 33.5. The van der Waals surface area contributed by atoms with Crippen molar-refractivity contribution in [3.8, 4) is 0 Å². The summed E-state index contributed by atoms with van der Waals surface area (Å²) in [5, 5.41) is 12.8.